The van der Waals surface area contributed by atoms with E-state index in [2.05, 4.69) is 40.3 Å². The number of aliphatic hydroxyl groups excluding tert-OH is 15. The molecule has 7 saturated heterocycles. The molecule has 37 unspecified atom stereocenters. The van der Waals surface area contributed by atoms with E-state index in [1.165, 1.54) is 26.5 Å². The van der Waals surface area contributed by atoms with Gasteiger partial charge in [-0.25, -0.2) is 0 Å². The largest absolute Gasteiger partial charge is 0.462 e. The Labute approximate surface area is 567 Å². The Morgan fingerprint density at radius 1 is 0.612 bits per heavy atom. The molecule has 15 N–H and O–H groups in total. The second kappa shape index (κ2) is 29.3. The van der Waals surface area contributed by atoms with Gasteiger partial charge in [-0.15, -0.1) is 6.58 Å². The highest BCUT2D eigenvalue weighted by molar-refractivity contribution is 5.84. The second-order valence-corrected chi connectivity index (χ2v) is 30.3. The summed E-state index contributed by atoms with van der Waals surface area (Å²) in [5.41, 5.74) is -2.37. The molecule has 7 aliphatic heterocycles. The first-order valence-electron chi connectivity index (χ1n) is 34.2. The van der Waals surface area contributed by atoms with Crippen molar-refractivity contribution in [3.8, 4) is 0 Å². The van der Waals surface area contributed by atoms with Gasteiger partial charge >= 0.3 is 11.9 Å². The van der Waals surface area contributed by atoms with Crippen LogP contribution in [0.25, 0.3) is 0 Å². The Kier molecular flexibility index (Phi) is 22.9. The first-order chi connectivity index (χ1) is 46.1. The predicted molar refractivity (Wildman–Crippen MR) is 326 cm³/mol. The molecule has 1 spiro atoms. The summed E-state index contributed by atoms with van der Waals surface area (Å²) in [5.74, 6) is -1.80. The molecule has 11 rings (SSSR count). The molecule has 32 heteroatoms. The Morgan fingerprint density at radius 2 is 1.17 bits per heavy atom. The summed E-state index contributed by atoms with van der Waals surface area (Å²) in [7, 11) is 1.20. The summed E-state index contributed by atoms with van der Waals surface area (Å²) in [6.45, 7) is 15.9. The van der Waals surface area contributed by atoms with E-state index in [1.807, 2.05) is 6.92 Å². The highest BCUT2D eigenvalue weighted by Gasteiger charge is 2.81. The summed E-state index contributed by atoms with van der Waals surface area (Å²) in [5, 5.41) is 166. The number of hydrogen-bond donors (Lipinski definition) is 15. The number of hydrogen-bond acceptors (Lipinski definition) is 32. The van der Waals surface area contributed by atoms with E-state index in [-0.39, 0.29) is 11.8 Å². The smallest absolute Gasteiger partial charge is 0.314 e. The molecule has 4 aliphatic carbocycles. The second-order valence-electron chi connectivity index (χ2n) is 30.3. The van der Waals surface area contributed by atoms with Gasteiger partial charge in [-0.1, -0.05) is 44.9 Å². The SMILES string of the molecule is C=C(C)CCC(O)C1(C)OC(=O)C23CC=C4C(CCC5C4(C)CCC(OC4OCC(OC6OCC(OC7OC(CO)C(O)C(O)C7O)C(O)C6O)C(O)C4OC4OC(C)C(OC6OCC(O)C(OC7OC(CO)C(O)C(OC)C7O)C6O)C(O)C4O)C5(C)C)C2(C)CC(OC(C)=O)C13. The minimum absolute atomic E-state index is 0.0787. The van der Waals surface area contributed by atoms with E-state index >= 15 is 0 Å². The maximum absolute atomic E-state index is 14.8. The third kappa shape index (κ3) is 13.2. The van der Waals surface area contributed by atoms with Gasteiger partial charge < -0.3 is 148 Å². The van der Waals surface area contributed by atoms with Crippen molar-refractivity contribution in [3.05, 3.63) is 23.8 Å². The van der Waals surface area contributed by atoms with Crippen LogP contribution in [0.1, 0.15) is 107 Å². The van der Waals surface area contributed by atoms with Gasteiger partial charge in [0.2, 0.25) is 0 Å². The fraction of sp³-hybridized carbons (Fsp3) is 0.909. The van der Waals surface area contributed by atoms with Gasteiger partial charge in [0.05, 0.1) is 62.7 Å². The van der Waals surface area contributed by atoms with Crippen LogP contribution in [0.15, 0.2) is 23.8 Å². The molecule has 32 nitrogen and oxygen atoms in total. The number of carbonyl (C=O) groups is 2. The fourth-order valence-electron chi connectivity index (χ4n) is 18.7. The monoisotopic (exact) mass is 1410 g/mol. The molecule has 0 aromatic carbocycles. The van der Waals surface area contributed by atoms with Crippen LogP contribution in [-0.4, -0.2) is 319 Å². The van der Waals surface area contributed by atoms with E-state index in [9.17, 15) is 86.2 Å². The molecule has 0 aromatic rings. The lowest BCUT2D eigenvalue weighted by Gasteiger charge is -2.63. The number of methoxy groups -OCH3 is 1. The number of ether oxygens (including phenoxy) is 15. The number of aliphatic hydroxyl groups is 15. The van der Waals surface area contributed by atoms with E-state index in [4.69, 9.17) is 71.1 Å². The van der Waals surface area contributed by atoms with E-state index in [1.54, 1.807) is 6.92 Å². The lowest BCUT2D eigenvalue weighted by molar-refractivity contribution is -0.390. The van der Waals surface area contributed by atoms with Crippen LogP contribution >= 0.6 is 0 Å². The Bertz CT molecular complexity index is 2820. The molecule has 3 saturated carbocycles. The number of esters is 2. The van der Waals surface area contributed by atoms with Crippen LogP contribution in [0.4, 0.5) is 0 Å². The number of fused-ring (bicyclic) bond motifs is 4. The normalized spacial score (nSPS) is 52.0. The standard InChI is InChI=1S/C66H104O32/c1-25(2)11-14-37(71)65(9)54-31(89-27(4)69)19-64(8)29-12-13-36-62(5,6)38(16-17-63(36,7)28(29)15-18-66(54,64)61(83)98-65)94-60-53(42(75)35(24-87-60)92-55-45(78)40(73)34(23-86-55)93-58-46(79)43(76)39(72)32(20-67)90-58)97-57-47(80)44(77)50(26(3)88-57)95-56-48(81)51(30(70)22-85-56)96-59-49(82)52(84-10)41(74)33(21-68)91-59/h15,26,29-60,67-68,70-82H,1,11-14,16-24H2,2-10H3. The summed E-state index contributed by atoms with van der Waals surface area (Å²) in [6.07, 6.45) is -41.0. The maximum Gasteiger partial charge on any atom is 0.314 e. The first-order valence-corrected chi connectivity index (χ1v) is 34.2. The van der Waals surface area contributed by atoms with E-state index < -0.39 is 262 Å². The van der Waals surface area contributed by atoms with Gasteiger partial charge in [0.1, 0.15) is 134 Å². The zero-order valence-electron chi connectivity index (χ0n) is 56.7. The molecule has 10 fully saturated rings. The number of cyclic esters (lactones) is 1. The lowest BCUT2D eigenvalue weighted by atomic mass is 9.41. The van der Waals surface area contributed by atoms with Crippen molar-refractivity contribution >= 4 is 11.9 Å². The van der Waals surface area contributed by atoms with Gasteiger partial charge in [0, 0.05) is 14.0 Å². The maximum atomic E-state index is 14.8. The molecule has 560 valence electrons. The van der Waals surface area contributed by atoms with Gasteiger partial charge in [-0.05, 0) is 100 Å². The van der Waals surface area contributed by atoms with Crippen molar-refractivity contribution in [2.24, 2.45) is 39.4 Å². The predicted octanol–water partition coefficient (Wildman–Crippen LogP) is -3.95. The zero-order chi connectivity index (χ0) is 71.4. The average Bonchev–Trinajstić information content (AvgIpc) is 1.47. The van der Waals surface area contributed by atoms with Gasteiger partial charge in [-0.3, -0.25) is 9.59 Å². The molecule has 11 aliphatic rings. The van der Waals surface area contributed by atoms with E-state index in [0.717, 1.165) is 5.57 Å². The Morgan fingerprint density at radius 3 is 1.83 bits per heavy atom. The number of allylic oxidation sites excluding steroid dienone is 3. The highest BCUT2D eigenvalue weighted by atomic mass is 16.8. The van der Waals surface area contributed by atoms with E-state index in [0.29, 0.717) is 51.4 Å². The molecule has 0 aromatic heterocycles. The van der Waals surface area contributed by atoms with Gasteiger partial charge in [-0.2, -0.15) is 0 Å². The molecule has 7 heterocycles. The fourth-order valence-corrected chi connectivity index (χ4v) is 18.7. The van der Waals surface area contributed by atoms with Gasteiger partial charge in [0.25, 0.3) is 0 Å². The Hall–Kier alpha value is -2.70. The van der Waals surface area contributed by atoms with Crippen LogP contribution in [0.5, 0.6) is 0 Å². The van der Waals surface area contributed by atoms with Crippen molar-refractivity contribution in [2.45, 2.75) is 297 Å². The molecule has 37 atom stereocenters. The molecule has 0 bridgehead atoms. The van der Waals surface area contributed by atoms with Crippen LogP contribution in [0.2, 0.25) is 0 Å². The molecule has 0 amide bonds. The lowest BCUT2D eigenvalue weighted by Crippen LogP contribution is -2.66. The third-order valence-electron chi connectivity index (χ3n) is 24.1. The number of carbonyl (C=O) groups excluding carboxylic acids is 2. The first kappa shape index (κ1) is 76.4. The highest BCUT2D eigenvalue weighted by Crippen LogP contribution is 2.76. The Balaban J connectivity index is 0.815. The molecule has 98 heavy (non-hydrogen) atoms. The number of rotatable bonds is 20. The summed E-state index contributed by atoms with van der Waals surface area (Å²) >= 11 is 0. The summed E-state index contributed by atoms with van der Waals surface area (Å²) in [4.78, 5) is 27.8. The third-order valence-corrected chi connectivity index (χ3v) is 24.1. The van der Waals surface area contributed by atoms with Crippen molar-refractivity contribution in [2.75, 3.05) is 40.1 Å². The molecular formula is C66H104O32. The average molecular weight is 1410 g/mol. The van der Waals surface area contributed by atoms with Crippen molar-refractivity contribution in [1.29, 1.82) is 0 Å². The minimum atomic E-state index is -2.01. The van der Waals surface area contributed by atoms with Crippen LogP contribution in [0.3, 0.4) is 0 Å². The minimum Gasteiger partial charge on any atom is -0.462 e. The summed E-state index contributed by atoms with van der Waals surface area (Å²) < 4.78 is 90.1. The van der Waals surface area contributed by atoms with Crippen molar-refractivity contribution in [3.63, 3.8) is 0 Å². The van der Waals surface area contributed by atoms with Crippen LogP contribution in [-0.2, 0) is 80.6 Å². The van der Waals surface area contributed by atoms with Crippen LogP contribution < -0.4 is 0 Å². The van der Waals surface area contributed by atoms with Crippen molar-refractivity contribution < 1.29 is 157 Å². The van der Waals surface area contributed by atoms with Gasteiger partial charge in [0.15, 0.2) is 37.7 Å². The van der Waals surface area contributed by atoms with Crippen molar-refractivity contribution in [1.82, 2.24) is 0 Å². The zero-order valence-corrected chi connectivity index (χ0v) is 56.7. The molecular weight excluding hydrogens is 1300 g/mol. The topological polar surface area (TPSA) is 476 Å². The summed E-state index contributed by atoms with van der Waals surface area (Å²) in [6, 6.07) is 0. The molecule has 0 radical (unpaired) electrons. The van der Waals surface area contributed by atoms with Crippen LogP contribution in [0, 0.1) is 39.4 Å². The quantitative estimate of drug-likeness (QED) is 0.0314.